The van der Waals surface area contributed by atoms with Crippen LogP contribution in [0.2, 0.25) is 0 Å². The molecule has 2 aromatic rings. The van der Waals surface area contributed by atoms with E-state index in [0.717, 1.165) is 23.4 Å². The number of carbonyl (C=O) groups excluding carboxylic acids is 2. The molecule has 2 amide bonds. The van der Waals surface area contributed by atoms with E-state index in [1.54, 1.807) is 17.0 Å². The summed E-state index contributed by atoms with van der Waals surface area (Å²) in [5.41, 5.74) is 2.90. The smallest absolute Gasteiger partial charge is 0.242 e. The summed E-state index contributed by atoms with van der Waals surface area (Å²) >= 11 is 1.30. The minimum atomic E-state index is -0.620. The number of nitrogens with zero attached hydrogens (tertiary/aromatic N) is 3. The summed E-state index contributed by atoms with van der Waals surface area (Å²) in [4.78, 5) is 34.7. The predicted molar refractivity (Wildman–Crippen MR) is 138 cm³/mol. The van der Waals surface area contributed by atoms with Gasteiger partial charge in [-0.05, 0) is 62.7 Å². The van der Waals surface area contributed by atoms with Crippen LogP contribution in [0.5, 0.6) is 0 Å². The molecule has 1 aliphatic heterocycles. The largest absolute Gasteiger partial charge is 0.324 e. The summed E-state index contributed by atoms with van der Waals surface area (Å²) in [5, 5.41) is 2.56. The van der Waals surface area contributed by atoms with E-state index in [1.807, 2.05) is 46.1 Å². The fourth-order valence-corrected chi connectivity index (χ4v) is 5.25. The fraction of sp³-hybridized carbons (Fsp3) is 0.423. The van der Waals surface area contributed by atoms with Gasteiger partial charge in [0.15, 0.2) is 5.17 Å². The number of para-hydroxylation sites is 1. The molecule has 0 bridgehead atoms. The molecule has 6 nitrogen and oxygen atoms in total. The van der Waals surface area contributed by atoms with Crippen molar-refractivity contribution in [3.63, 3.8) is 0 Å². The normalized spacial score (nSPS) is 17.6. The molecule has 2 aromatic carbocycles. The molecular weight excluding hydrogens is 451 g/mol. The van der Waals surface area contributed by atoms with E-state index in [1.165, 1.54) is 23.9 Å². The molecule has 0 aliphatic carbocycles. The lowest BCUT2D eigenvalue weighted by Gasteiger charge is -2.32. The first kappa shape index (κ1) is 25.9. The van der Waals surface area contributed by atoms with E-state index in [9.17, 15) is 14.0 Å². The van der Waals surface area contributed by atoms with Crippen LogP contribution in [0.3, 0.4) is 0 Å². The Morgan fingerprint density at radius 3 is 2.56 bits per heavy atom. The number of hydrogen-bond donors (Lipinski definition) is 1. The maximum Gasteiger partial charge on any atom is 0.242 e. The Kier molecular flexibility index (Phi) is 8.15. The van der Waals surface area contributed by atoms with Gasteiger partial charge in [-0.25, -0.2) is 9.38 Å². The second-order valence-electron chi connectivity index (χ2n) is 9.78. The lowest BCUT2D eigenvalue weighted by atomic mass is 9.92. The van der Waals surface area contributed by atoms with Gasteiger partial charge in [0, 0.05) is 19.5 Å². The van der Waals surface area contributed by atoms with Crippen molar-refractivity contribution in [1.29, 1.82) is 0 Å². The van der Waals surface area contributed by atoms with Gasteiger partial charge in [-0.1, -0.05) is 49.9 Å². The number of nitrogens with one attached hydrogen (secondary N) is 1. The topological polar surface area (TPSA) is 65.0 Å². The Labute approximate surface area is 205 Å². The lowest BCUT2D eigenvalue weighted by Crippen LogP contribution is -2.43. The van der Waals surface area contributed by atoms with Crippen LogP contribution < -0.4 is 5.32 Å². The van der Waals surface area contributed by atoms with Crippen LogP contribution in [-0.2, 0) is 9.59 Å². The number of aryl methyl sites for hydroxylation is 1. The van der Waals surface area contributed by atoms with Gasteiger partial charge in [-0.3, -0.25) is 14.5 Å². The number of thioether (sulfide) groups is 1. The van der Waals surface area contributed by atoms with Gasteiger partial charge in [-0.15, -0.1) is 0 Å². The zero-order valence-electron chi connectivity index (χ0n) is 20.7. The van der Waals surface area contributed by atoms with Crippen LogP contribution in [0.1, 0.15) is 31.4 Å². The van der Waals surface area contributed by atoms with E-state index >= 15 is 0 Å². The van der Waals surface area contributed by atoms with E-state index in [4.69, 9.17) is 4.99 Å². The second kappa shape index (κ2) is 10.7. The first-order valence-electron chi connectivity index (χ1n) is 11.3. The third kappa shape index (κ3) is 6.45. The summed E-state index contributed by atoms with van der Waals surface area (Å²) in [5.74, 6) is -1.06. The monoisotopic (exact) mass is 484 g/mol. The van der Waals surface area contributed by atoms with Crippen LogP contribution in [-0.4, -0.2) is 59.2 Å². The maximum absolute atomic E-state index is 13.9. The van der Waals surface area contributed by atoms with Crippen molar-refractivity contribution in [1.82, 2.24) is 9.80 Å². The Balaban J connectivity index is 1.86. The zero-order valence-corrected chi connectivity index (χ0v) is 21.5. The second-order valence-corrected chi connectivity index (χ2v) is 10.9. The molecule has 1 saturated heterocycles. The van der Waals surface area contributed by atoms with Crippen molar-refractivity contribution in [3.8, 4) is 0 Å². The van der Waals surface area contributed by atoms with Gasteiger partial charge in [0.25, 0.3) is 0 Å². The highest BCUT2D eigenvalue weighted by molar-refractivity contribution is 8.15. The van der Waals surface area contributed by atoms with Crippen molar-refractivity contribution in [2.24, 2.45) is 10.4 Å². The molecule has 1 heterocycles. The van der Waals surface area contributed by atoms with Crippen LogP contribution in [0.25, 0.3) is 0 Å². The summed E-state index contributed by atoms with van der Waals surface area (Å²) in [6, 6.07) is 11.9. The molecular formula is C26H33FN4O2S. The molecule has 34 heavy (non-hydrogen) atoms. The number of rotatable bonds is 8. The molecule has 1 atom stereocenters. The third-order valence-corrected chi connectivity index (χ3v) is 6.84. The van der Waals surface area contributed by atoms with E-state index in [-0.39, 0.29) is 23.4 Å². The molecule has 3 rings (SSSR count). The Morgan fingerprint density at radius 2 is 1.88 bits per heavy atom. The SMILES string of the molecule is Cc1cccc(N=C2SC(CC(=O)Nc3ccccc3F)C(=O)N2CC(C)(C)CN(C)C)c1C. The highest BCUT2D eigenvalue weighted by Gasteiger charge is 2.41. The van der Waals surface area contributed by atoms with Crippen molar-refractivity contribution in [2.45, 2.75) is 39.4 Å². The van der Waals surface area contributed by atoms with Gasteiger partial charge in [-0.2, -0.15) is 0 Å². The minimum Gasteiger partial charge on any atom is -0.324 e. The zero-order chi connectivity index (χ0) is 25.0. The minimum absolute atomic E-state index is 0.0612. The number of benzene rings is 2. The quantitative estimate of drug-likeness (QED) is 0.573. The summed E-state index contributed by atoms with van der Waals surface area (Å²) < 4.78 is 13.9. The van der Waals surface area contributed by atoms with E-state index in [0.29, 0.717) is 11.7 Å². The average Bonchev–Trinajstić information content (AvgIpc) is 3.00. The molecule has 1 fully saturated rings. The van der Waals surface area contributed by atoms with Crippen LogP contribution in [0.4, 0.5) is 15.8 Å². The van der Waals surface area contributed by atoms with E-state index < -0.39 is 17.0 Å². The number of anilines is 1. The number of hydrogen-bond acceptors (Lipinski definition) is 5. The number of amides is 2. The van der Waals surface area contributed by atoms with Crippen LogP contribution in [0, 0.1) is 25.1 Å². The number of amidine groups is 1. The fourth-order valence-electron chi connectivity index (χ4n) is 4.10. The Bertz CT molecular complexity index is 1100. The number of carbonyl (C=O) groups is 2. The first-order valence-corrected chi connectivity index (χ1v) is 12.2. The van der Waals surface area contributed by atoms with Gasteiger partial charge in [0.2, 0.25) is 11.8 Å². The van der Waals surface area contributed by atoms with Gasteiger partial charge in [0.1, 0.15) is 11.1 Å². The number of halogens is 1. The van der Waals surface area contributed by atoms with Crippen molar-refractivity contribution in [2.75, 3.05) is 32.5 Å². The Hall–Kier alpha value is -2.71. The summed E-state index contributed by atoms with van der Waals surface area (Å²) in [6.07, 6.45) is -0.0612. The highest BCUT2D eigenvalue weighted by Crippen LogP contribution is 2.35. The van der Waals surface area contributed by atoms with Crippen molar-refractivity contribution >= 4 is 40.1 Å². The predicted octanol–water partition coefficient (Wildman–Crippen LogP) is 4.99. The molecule has 0 saturated carbocycles. The highest BCUT2D eigenvalue weighted by atomic mass is 32.2. The summed E-state index contributed by atoms with van der Waals surface area (Å²) in [7, 11) is 4.01. The molecule has 182 valence electrons. The maximum atomic E-state index is 13.9. The number of aliphatic imine (C=N–C) groups is 1. The third-order valence-electron chi connectivity index (χ3n) is 5.66. The lowest BCUT2D eigenvalue weighted by molar-refractivity contribution is -0.129. The van der Waals surface area contributed by atoms with Crippen LogP contribution >= 0.6 is 11.8 Å². The van der Waals surface area contributed by atoms with E-state index in [2.05, 4.69) is 24.1 Å². The molecule has 0 radical (unpaired) electrons. The average molecular weight is 485 g/mol. The molecule has 0 spiro atoms. The van der Waals surface area contributed by atoms with Gasteiger partial charge in [0.05, 0.1) is 11.4 Å². The van der Waals surface area contributed by atoms with Gasteiger partial charge >= 0.3 is 0 Å². The Morgan fingerprint density at radius 1 is 1.18 bits per heavy atom. The summed E-state index contributed by atoms with van der Waals surface area (Å²) in [6.45, 7) is 9.52. The van der Waals surface area contributed by atoms with Gasteiger partial charge < -0.3 is 10.2 Å². The van der Waals surface area contributed by atoms with Crippen LogP contribution in [0.15, 0.2) is 47.5 Å². The molecule has 1 N–H and O–H groups in total. The van der Waals surface area contributed by atoms with Crippen molar-refractivity contribution in [3.05, 3.63) is 59.4 Å². The molecule has 8 heteroatoms. The first-order chi connectivity index (χ1) is 16.0. The molecule has 0 aromatic heterocycles. The van der Waals surface area contributed by atoms with Crippen molar-refractivity contribution < 1.29 is 14.0 Å². The molecule has 1 unspecified atom stereocenters. The molecule has 1 aliphatic rings. The standard InChI is InChI=1S/C26H33FN4O2S/c1-17-10-9-13-20(18(17)2)29-25-31(16-26(3,4)15-30(5)6)24(33)22(34-25)14-23(32)28-21-12-8-7-11-19(21)27/h7-13,22H,14-16H2,1-6H3,(H,28,32).